The van der Waals surface area contributed by atoms with Crippen LogP contribution < -0.4 is 10.6 Å². The Kier molecular flexibility index (Phi) is 7.02. The summed E-state index contributed by atoms with van der Waals surface area (Å²) in [5, 5.41) is 4.65. The van der Waals surface area contributed by atoms with E-state index in [9.17, 15) is 18.0 Å². The maximum Gasteiger partial charge on any atom is 0.339 e. The normalized spacial score (nSPS) is 12.3. The number of amides is 4. The summed E-state index contributed by atoms with van der Waals surface area (Å²) < 4.78 is 23.9. The van der Waals surface area contributed by atoms with Crippen LogP contribution in [0.1, 0.15) is 38.3 Å². The van der Waals surface area contributed by atoms with Gasteiger partial charge in [-0.1, -0.05) is 43.7 Å². The summed E-state index contributed by atoms with van der Waals surface area (Å²) in [7, 11) is -3.72. The zero-order chi connectivity index (χ0) is 17.5. The lowest BCUT2D eigenvalue weighted by Crippen LogP contribution is -2.49. The van der Waals surface area contributed by atoms with Crippen molar-refractivity contribution in [2.24, 2.45) is 0 Å². The summed E-state index contributed by atoms with van der Waals surface area (Å²) in [6.07, 6.45) is 2.20. The smallest absolute Gasteiger partial charge is 0.331 e. The monoisotopic (exact) mass is 341 g/mol. The van der Waals surface area contributed by atoms with Crippen LogP contribution in [0.25, 0.3) is 0 Å². The van der Waals surface area contributed by atoms with Gasteiger partial charge in [-0.2, -0.15) is 0 Å². The van der Waals surface area contributed by atoms with Gasteiger partial charge in [-0.15, -0.1) is 0 Å². The van der Waals surface area contributed by atoms with E-state index >= 15 is 0 Å². The van der Waals surface area contributed by atoms with Gasteiger partial charge in [-0.25, -0.2) is 22.3 Å². The van der Waals surface area contributed by atoms with Gasteiger partial charge in [-0.3, -0.25) is 5.32 Å². The van der Waals surface area contributed by atoms with Gasteiger partial charge >= 0.3 is 12.1 Å². The highest BCUT2D eigenvalue weighted by molar-refractivity contribution is 7.88. The first kappa shape index (κ1) is 19.0. The second-order valence-electron chi connectivity index (χ2n) is 5.22. The zero-order valence-corrected chi connectivity index (χ0v) is 14.4. The first-order valence-corrected chi connectivity index (χ1v) is 9.24. The minimum Gasteiger partial charge on any atom is -0.331 e. The molecule has 1 aromatic carbocycles. The molecule has 0 aromatic heterocycles. The molecule has 0 radical (unpaired) electrons. The molecule has 8 heteroatoms. The third kappa shape index (κ3) is 6.27. The van der Waals surface area contributed by atoms with Crippen LogP contribution in [0, 0.1) is 0 Å². The number of unbranched alkanes of at least 4 members (excludes halogenated alkanes) is 1. The van der Waals surface area contributed by atoms with Crippen molar-refractivity contribution < 1.29 is 18.0 Å². The Labute approximate surface area is 137 Å². The van der Waals surface area contributed by atoms with Crippen LogP contribution in [0.15, 0.2) is 30.3 Å². The number of benzene rings is 1. The molecule has 0 spiro atoms. The summed E-state index contributed by atoms with van der Waals surface area (Å²) in [5.41, 5.74) is 0.876. The van der Waals surface area contributed by atoms with E-state index in [0.29, 0.717) is 10.7 Å². The van der Waals surface area contributed by atoms with Gasteiger partial charge in [0.05, 0.1) is 12.3 Å². The number of sulfonamides is 1. The summed E-state index contributed by atoms with van der Waals surface area (Å²) in [5.74, 6) is 0. The van der Waals surface area contributed by atoms with Crippen molar-refractivity contribution in [3.63, 3.8) is 0 Å². The zero-order valence-electron chi connectivity index (χ0n) is 13.6. The molecule has 2 N–H and O–H groups in total. The Hall–Kier alpha value is -2.09. The molecule has 0 heterocycles. The molecule has 0 aliphatic heterocycles. The number of carbonyl (C=O) groups is 2. The van der Waals surface area contributed by atoms with Crippen LogP contribution in [0.4, 0.5) is 9.59 Å². The van der Waals surface area contributed by atoms with Gasteiger partial charge in [0.1, 0.15) is 0 Å². The molecule has 23 heavy (non-hydrogen) atoms. The SMILES string of the molecule is CCCCN(C(=O)NC(=O)N[C@H](C)c1ccccc1)S(C)(=O)=O. The predicted octanol–water partition coefficient (Wildman–Crippen LogP) is 2.23. The first-order valence-electron chi connectivity index (χ1n) is 7.39. The summed E-state index contributed by atoms with van der Waals surface area (Å²) in [4.78, 5) is 23.9. The van der Waals surface area contributed by atoms with Crippen LogP contribution in [-0.4, -0.2) is 37.6 Å². The largest absolute Gasteiger partial charge is 0.339 e. The molecule has 1 aromatic rings. The number of rotatable bonds is 6. The quantitative estimate of drug-likeness (QED) is 0.829. The summed E-state index contributed by atoms with van der Waals surface area (Å²) >= 11 is 0. The summed E-state index contributed by atoms with van der Waals surface area (Å²) in [6.45, 7) is 3.69. The van der Waals surface area contributed by atoms with Gasteiger partial charge in [0.2, 0.25) is 10.0 Å². The number of hydrogen-bond donors (Lipinski definition) is 2. The number of imide groups is 1. The van der Waals surface area contributed by atoms with E-state index in [1.54, 1.807) is 6.92 Å². The van der Waals surface area contributed by atoms with Crippen molar-refractivity contribution in [2.75, 3.05) is 12.8 Å². The van der Waals surface area contributed by atoms with Crippen molar-refractivity contribution >= 4 is 22.1 Å². The van der Waals surface area contributed by atoms with E-state index < -0.39 is 22.1 Å². The van der Waals surface area contributed by atoms with Gasteiger partial charge < -0.3 is 5.32 Å². The maximum absolute atomic E-state index is 12.0. The van der Waals surface area contributed by atoms with Crippen LogP contribution in [0.5, 0.6) is 0 Å². The molecule has 0 bridgehead atoms. The molecule has 1 rings (SSSR count). The van der Waals surface area contributed by atoms with E-state index in [4.69, 9.17) is 0 Å². The van der Waals surface area contributed by atoms with E-state index in [1.165, 1.54) is 0 Å². The number of hydrogen-bond acceptors (Lipinski definition) is 4. The standard InChI is InChI=1S/C15H23N3O4S/c1-4-5-11-18(23(3,21)22)15(20)17-14(19)16-12(2)13-9-7-6-8-10-13/h6-10,12H,4-5,11H2,1-3H3,(H2,16,17,19,20)/t12-/m1/s1. The molecule has 7 nitrogen and oxygen atoms in total. The van der Waals surface area contributed by atoms with Crippen molar-refractivity contribution in [1.29, 1.82) is 0 Å². The highest BCUT2D eigenvalue weighted by Crippen LogP contribution is 2.10. The average molecular weight is 341 g/mol. The number of urea groups is 2. The number of carbonyl (C=O) groups excluding carboxylic acids is 2. The fourth-order valence-electron chi connectivity index (χ4n) is 1.94. The van der Waals surface area contributed by atoms with E-state index in [0.717, 1.165) is 18.2 Å². The molecule has 0 aliphatic rings. The average Bonchev–Trinajstić information content (AvgIpc) is 2.46. The minimum atomic E-state index is -3.72. The lowest BCUT2D eigenvalue weighted by atomic mass is 10.1. The number of nitrogens with one attached hydrogen (secondary N) is 2. The highest BCUT2D eigenvalue weighted by atomic mass is 32.2. The van der Waals surface area contributed by atoms with E-state index in [2.05, 4.69) is 10.6 Å². The molecule has 0 saturated heterocycles. The second kappa shape index (κ2) is 8.52. The molecule has 1 atom stereocenters. The molecular formula is C15H23N3O4S. The van der Waals surface area contributed by atoms with Crippen LogP contribution in [0.2, 0.25) is 0 Å². The van der Waals surface area contributed by atoms with Gasteiger partial charge in [0.25, 0.3) is 0 Å². The molecule has 0 fully saturated rings. The lowest BCUT2D eigenvalue weighted by Gasteiger charge is -2.21. The molecule has 128 valence electrons. The Balaban J connectivity index is 2.65. The fourth-order valence-corrected chi connectivity index (χ4v) is 2.74. The molecule has 0 unspecified atom stereocenters. The van der Waals surface area contributed by atoms with Crippen molar-refractivity contribution in [2.45, 2.75) is 32.7 Å². The predicted molar refractivity (Wildman–Crippen MR) is 88.4 cm³/mol. The first-order chi connectivity index (χ1) is 10.8. The maximum atomic E-state index is 12.0. The Morgan fingerprint density at radius 1 is 1.22 bits per heavy atom. The summed E-state index contributed by atoms with van der Waals surface area (Å²) in [6, 6.07) is 7.23. The number of nitrogens with zero attached hydrogens (tertiary/aromatic N) is 1. The third-order valence-electron chi connectivity index (χ3n) is 3.21. The Bertz CT molecular complexity index is 631. The van der Waals surface area contributed by atoms with Crippen molar-refractivity contribution in [3.8, 4) is 0 Å². The Morgan fingerprint density at radius 3 is 2.35 bits per heavy atom. The molecule has 4 amide bonds. The second-order valence-corrected chi connectivity index (χ2v) is 7.13. The van der Waals surface area contributed by atoms with E-state index in [-0.39, 0.29) is 12.6 Å². The van der Waals surface area contributed by atoms with E-state index in [1.807, 2.05) is 37.3 Å². The highest BCUT2D eigenvalue weighted by Gasteiger charge is 2.24. The lowest BCUT2D eigenvalue weighted by molar-refractivity contribution is 0.214. The minimum absolute atomic E-state index is 0.0443. The van der Waals surface area contributed by atoms with Crippen LogP contribution >= 0.6 is 0 Å². The van der Waals surface area contributed by atoms with Crippen LogP contribution in [0.3, 0.4) is 0 Å². The van der Waals surface area contributed by atoms with Gasteiger partial charge in [0.15, 0.2) is 0 Å². The topological polar surface area (TPSA) is 95.6 Å². The van der Waals surface area contributed by atoms with Crippen molar-refractivity contribution in [1.82, 2.24) is 14.9 Å². The van der Waals surface area contributed by atoms with Gasteiger partial charge in [-0.05, 0) is 18.9 Å². The van der Waals surface area contributed by atoms with Crippen LogP contribution in [-0.2, 0) is 10.0 Å². The van der Waals surface area contributed by atoms with Crippen molar-refractivity contribution in [3.05, 3.63) is 35.9 Å². The van der Waals surface area contributed by atoms with Gasteiger partial charge in [0, 0.05) is 6.54 Å². The third-order valence-corrected chi connectivity index (χ3v) is 4.36. The molecule has 0 saturated carbocycles. The molecule has 0 aliphatic carbocycles. The molecular weight excluding hydrogens is 318 g/mol. The fraction of sp³-hybridized carbons (Fsp3) is 0.467. The Morgan fingerprint density at radius 2 is 1.83 bits per heavy atom.